The van der Waals surface area contributed by atoms with E-state index in [1.165, 1.54) is 12.1 Å². The van der Waals surface area contributed by atoms with Crippen molar-refractivity contribution in [2.24, 2.45) is 0 Å². The van der Waals surface area contributed by atoms with E-state index in [0.717, 1.165) is 24.8 Å². The van der Waals surface area contributed by atoms with Gasteiger partial charge in [0.15, 0.2) is 0 Å². The van der Waals surface area contributed by atoms with Crippen LogP contribution in [0.5, 0.6) is 0 Å². The average Bonchev–Trinajstić information content (AvgIpc) is 2.40. The smallest absolute Gasteiger partial charge is 0.123 e. The molecule has 0 radical (unpaired) electrons. The third-order valence-corrected chi connectivity index (χ3v) is 3.19. The summed E-state index contributed by atoms with van der Waals surface area (Å²) in [6.45, 7) is 3.71. The molecular formula is C15H24FNO2. The van der Waals surface area contributed by atoms with Gasteiger partial charge < -0.3 is 15.5 Å². The van der Waals surface area contributed by atoms with Crippen molar-refractivity contribution in [3.8, 4) is 0 Å². The minimum absolute atomic E-state index is 0.0681. The lowest BCUT2D eigenvalue weighted by molar-refractivity contribution is 0.000442. The number of hydrogen-bond acceptors (Lipinski definition) is 3. The topological polar surface area (TPSA) is 52.5 Å². The fourth-order valence-corrected chi connectivity index (χ4v) is 1.89. The first-order valence-corrected chi connectivity index (χ1v) is 6.80. The van der Waals surface area contributed by atoms with Gasteiger partial charge in [-0.3, -0.25) is 0 Å². The van der Waals surface area contributed by atoms with E-state index in [0.29, 0.717) is 6.54 Å². The summed E-state index contributed by atoms with van der Waals surface area (Å²) in [7, 11) is 0. The lowest BCUT2D eigenvalue weighted by Gasteiger charge is -2.26. The Bertz CT molecular complexity index is 365. The molecule has 0 spiro atoms. The number of unbranched alkanes of at least 4 members (excludes halogenated alkanes) is 1. The van der Waals surface area contributed by atoms with Crippen molar-refractivity contribution in [3.05, 3.63) is 35.6 Å². The molecule has 4 heteroatoms. The SMILES string of the molecule is CCCCC(NCC(C)(O)CO)c1ccc(F)cc1. The summed E-state index contributed by atoms with van der Waals surface area (Å²) in [6.07, 6.45) is 3.05. The van der Waals surface area contributed by atoms with E-state index in [-0.39, 0.29) is 18.5 Å². The summed E-state index contributed by atoms with van der Waals surface area (Å²) in [4.78, 5) is 0. The molecule has 2 atom stereocenters. The zero-order valence-electron chi connectivity index (χ0n) is 11.7. The highest BCUT2D eigenvalue weighted by Gasteiger charge is 2.21. The number of benzene rings is 1. The summed E-state index contributed by atoms with van der Waals surface area (Å²) in [5, 5.41) is 22.1. The van der Waals surface area contributed by atoms with Gasteiger partial charge in [-0.25, -0.2) is 4.39 Å². The molecule has 1 rings (SSSR count). The maximum absolute atomic E-state index is 12.9. The molecule has 19 heavy (non-hydrogen) atoms. The van der Waals surface area contributed by atoms with Gasteiger partial charge in [-0.15, -0.1) is 0 Å². The largest absolute Gasteiger partial charge is 0.393 e. The Balaban J connectivity index is 2.68. The van der Waals surface area contributed by atoms with Crippen molar-refractivity contribution >= 4 is 0 Å². The van der Waals surface area contributed by atoms with Crippen LogP contribution in [0.25, 0.3) is 0 Å². The molecule has 0 aliphatic heterocycles. The van der Waals surface area contributed by atoms with Gasteiger partial charge in [-0.05, 0) is 31.0 Å². The predicted octanol–water partition coefficient (Wildman–Crippen LogP) is 2.39. The third kappa shape index (κ3) is 5.68. The van der Waals surface area contributed by atoms with Gasteiger partial charge in [-0.2, -0.15) is 0 Å². The zero-order valence-corrected chi connectivity index (χ0v) is 11.7. The van der Waals surface area contributed by atoms with Crippen molar-refractivity contribution in [2.75, 3.05) is 13.2 Å². The van der Waals surface area contributed by atoms with Crippen LogP contribution in [0.15, 0.2) is 24.3 Å². The first kappa shape index (κ1) is 16.1. The summed E-state index contributed by atoms with van der Waals surface area (Å²) < 4.78 is 12.9. The average molecular weight is 269 g/mol. The molecule has 3 N–H and O–H groups in total. The molecule has 108 valence electrons. The lowest BCUT2D eigenvalue weighted by atomic mass is 9.99. The molecule has 0 heterocycles. The Hall–Kier alpha value is -0.970. The van der Waals surface area contributed by atoms with Crippen molar-refractivity contribution in [2.45, 2.75) is 44.8 Å². The Morgan fingerprint density at radius 1 is 1.32 bits per heavy atom. The molecule has 0 aromatic heterocycles. The van der Waals surface area contributed by atoms with Gasteiger partial charge in [0.2, 0.25) is 0 Å². The molecular weight excluding hydrogens is 245 g/mol. The van der Waals surface area contributed by atoms with Crippen LogP contribution in [0.4, 0.5) is 4.39 Å². The van der Waals surface area contributed by atoms with E-state index in [2.05, 4.69) is 12.2 Å². The van der Waals surface area contributed by atoms with Gasteiger partial charge in [-0.1, -0.05) is 31.9 Å². The maximum Gasteiger partial charge on any atom is 0.123 e. The van der Waals surface area contributed by atoms with Crippen LogP contribution < -0.4 is 5.32 Å². The van der Waals surface area contributed by atoms with E-state index in [1.54, 1.807) is 19.1 Å². The number of aliphatic hydroxyl groups excluding tert-OH is 1. The highest BCUT2D eigenvalue weighted by Crippen LogP contribution is 2.20. The van der Waals surface area contributed by atoms with Gasteiger partial charge in [0.1, 0.15) is 5.82 Å². The number of nitrogens with one attached hydrogen (secondary N) is 1. The van der Waals surface area contributed by atoms with E-state index in [9.17, 15) is 9.50 Å². The Morgan fingerprint density at radius 3 is 2.47 bits per heavy atom. The second kappa shape index (κ2) is 7.58. The summed E-state index contributed by atoms with van der Waals surface area (Å²) in [6, 6.07) is 6.48. The summed E-state index contributed by atoms with van der Waals surface area (Å²) in [5.74, 6) is -0.250. The normalized spacial score (nSPS) is 16.1. The number of aliphatic hydroxyl groups is 2. The maximum atomic E-state index is 12.9. The zero-order chi connectivity index (χ0) is 14.3. The van der Waals surface area contributed by atoms with Crippen LogP contribution in [-0.4, -0.2) is 29.0 Å². The van der Waals surface area contributed by atoms with Crippen LogP contribution >= 0.6 is 0 Å². The molecule has 1 aromatic rings. The second-order valence-electron chi connectivity index (χ2n) is 5.28. The summed E-state index contributed by atoms with van der Waals surface area (Å²) in [5.41, 5.74) is -0.131. The number of halogens is 1. The molecule has 0 saturated heterocycles. The highest BCUT2D eigenvalue weighted by molar-refractivity contribution is 5.20. The Morgan fingerprint density at radius 2 is 1.95 bits per heavy atom. The highest BCUT2D eigenvalue weighted by atomic mass is 19.1. The van der Waals surface area contributed by atoms with Gasteiger partial charge in [0.25, 0.3) is 0 Å². The van der Waals surface area contributed by atoms with Crippen LogP contribution in [0.3, 0.4) is 0 Å². The molecule has 3 nitrogen and oxygen atoms in total. The molecule has 0 aliphatic carbocycles. The first-order valence-electron chi connectivity index (χ1n) is 6.80. The van der Waals surface area contributed by atoms with E-state index < -0.39 is 5.60 Å². The molecule has 0 amide bonds. The van der Waals surface area contributed by atoms with Gasteiger partial charge >= 0.3 is 0 Å². The lowest BCUT2D eigenvalue weighted by Crippen LogP contribution is -2.42. The fraction of sp³-hybridized carbons (Fsp3) is 0.600. The molecule has 0 bridgehead atoms. The third-order valence-electron chi connectivity index (χ3n) is 3.19. The summed E-state index contributed by atoms with van der Waals surface area (Å²) >= 11 is 0. The van der Waals surface area contributed by atoms with E-state index >= 15 is 0 Å². The quantitative estimate of drug-likeness (QED) is 0.679. The van der Waals surface area contributed by atoms with Crippen molar-refractivity contribution in [1.82, 2.24) is 5.32 Å². The molecule has 0 saturated carbocycles. The number of hydrogen-bond donors (Lipinski definition) is 3. The molecule has 0 fully saturated rings. The minimum atomic E-state index is -1.13. The van der Waals surface area contributed by atoms with Crippen LogP contribution in [0.1, 0.15) is 44.7 Å². The fourth-order valence-electron chi connectivity index (χ4n) is 1.89. The van der Waals surface area contributed by atoms with Gasteiger partial charge in [0.05, 0.1) is 12.2 Å². The van der Waals surface area contributed by atoms with Crippen LogP contribution in [-0.2, 0) is 0 Å². The standard InChI is InChI=1S/C15H24FNO2/c1-3-4-5-14(17-10-15(2,19)11-18)12-6-8-13(16)9-7-12/h6-9,14,17-19H,3-5,10-11H2,1-2H3. The van der Waals surface area contributed by atoms with Crippen molar-refractivity contribution in [3.63, 3.8) is 0 Å². The van der Waals surface area contributed by atoms with Crippen LogP contribution in [0.2, 0.25) is 0 Å². The molecule has 0 aliphatic rings. The van der Waals surface area contributed by atoms with Crippen molar-refractivity contribution < 1.29 is 14.6 Å². The molecule has 2 unspecified atom stereocenters. The monoisotopic (exact) mass is 269 g/mol. The number of rotatable bonds is 8. The molecule has 1 aromatic carbocycles. The van der Waals surface area contributed by atoms with Gasteiger partial charge in [0, 0.05) is 12.6 Å². The second-order valence-corrected chi connectivity index (χ2v) is 5.28. The van der Waals surface area contributed by atoms with E-state index in [1.807, 2.05) is 0 Å². The van der Waals surface area contributed by atoms with Crippen molar-refractivity contribution in [1.29, 1.82) is 0 Å². The Labute approximate surface area is 114 Å². The minimum Gasteiger partial charge on any atom is -0.393 e. The predicted molar refractivity (Wildman–Crippen MR) is 74.4 cm³/mol. The first-order chi connectivity index (χ1) is 8.98. The van der Waals surface area contributed by atoms with Crippen LogP contribution in [0, 0.1) is 5.82 Å². The van der Waals surface area contributed by atoms with E-state index in [4.69, 9.17) is 5.11 Å². The Kier molecular flexibility index (Phi) is 6.42.